The minimum Gasteiger partial charge on any atom is -0.393 e. The largest absolute Gasteiger partial charge is 0.393 e. The van der Waals surface area contributed by atoms with Crippen molar-refractivity contribution in [3.05, 3.63) is 0 Å². The molecule has 0 amide bonds. The first kappa shape index (κ1) is 9.45. The zero-order chi connectivity index (χ0) is 8.15. The van der Waals surface area contributed by atoms with Crippen LogP contribution in [0, 0.1) is 23.2 Å². The van der Waals surface area contributed by atoms with Gasteiger partial charge in [0.05, 0.1) is 18.1 Å². The molecule has 0 aliphatic heterocycles. The van der Waals surface area contributed by atoms with Crippen molar-refractivity contribution in [2.75, 3.05) is 0 Å². The lowest BCUT2D eigenvalue weighted by Crippen LogP contribution is -2.13. The Balaban J connectivity index is 3.75. The van der Waals surface area contributed by atoms with Gasteiger partial charge in [-0.1, -0.05) is 13.8 Å². The Bertz CT molecular complexity index is 124. The van der Waals surface area contributed by atoms with E-state index < -0.39 is 0 Å². The second kappa shape index (κ2) is 4.29. The Morgan fingerprint density at radius 1 is 1.40 bits per heavy atom. The van der Waals surface area contributed by atoms with Gasteiger partial charge in [0.1, 0.15) is 0 Å². The average molecular weight is 141 g/mol. The SMILES string of the molecule is CC(C)[C@@H](C#N)C[C@@H](C)O. The molecule has 2 nitrogen and oxygen atoms in total. The van der Waals surface area contributed by atoms with Crippen LogP contribution in [0.25, 0.3) is 0 Å². The summed E-state index contributed by atoms with van der Waals surface area (Å²) >= 11 is 0. The minimum absolute atomic E-state index is 0.000000000000000444. The molecule has 0 saturated heterocycles. The van der Waals surface area contributed by atoms with Gasteiger partial charge in [0, 0.05) is 0 Å². The summed E-state index contributed by atoms with van der Waals surface area (Å²) in [7, 11) is 0. The molecule has 1 N–H and O–H groups in total. The van der Waals surface area contributed by atoms with Crippen molar-refractivity contribution in [2.24, 2.45) is 11.8 Å². The number of aliphatic hydroxyl groups is 1. The summed E-state index contributed by atoms with van der Waals surface area (Å²) in [4.78, 5) is 0. The fourth-order valence-electron chi connectivity index (χ4n) is 0.841. The number of rotatable bonds is 3. The van der Waals surface area contributed by atoms with Gasteiger partial charge in [0.25, 0.3) is 0 Å². The summed E-state index contributed by atoms with van der Waals surface area (Å²) in [5.74, 6) is 0.347. The molecule has 10 heavy (non-hydrogen) atoms. The van der Waals surface area contributed by atoms with Crippen LogP contribution >= 0.6 is 0 Å². The van der Waals surface area contributed by atoms with Gasteiger partial charge in [-0.2, -0.15) is 5.26 Å². The molecule has 2 heteroatoms. The Kier molecular flexibility index (Phi) is 4.06. The van der Waals surface area contributed by atoms with E-state index in [1.165, 1.54) is 0 Å². The van der Waals surface area contributed by atoms with Crippen LogP contribution in [0.15, 0.2) is 0 Å². The molecule has 0 spiro atoms. The van der Waals surface area contributed by atoms with E-state index in [0.717, 1.165) is 0 Å². The maximum absolute atomic E-state index is 8.95. The summed E-state index contributed by atoms with van der Waals surface area (Å²) in [5.41, 5.74) is 0. The van der Waals surface area contributed by atoms with E-state index >= 15 is 0 Å². The lowest BCUT2D eigenvalue weighted by Gasteiger charge is -2.13. The van der Waals surface area contributed by atoms with E-state index in [9.17, 15) is 0 Å². The molecule has 0 unspecified atom stereocenters. The van der Waals surface area contributed by atoms with Crippen LogP contribution in [-0.4, -0.2) is 11.2 Å². The molecule has 0 aromatic carbocycles. The zero-order valence-electron chi connectivity index (χ0n) is 6.83. The first-order valence-electron chi connectivity index (χ1n) is 3.65. The molecule has 0 heterocycles. The van der Waals surface area contributed by atoms with Gasteiger partial charge in [0.2, 0.25) is 0 Å². The lowest BCUT2D eigenvalue weighted by atomic mass is 9.92. The molecular weight excluding hydrogens is 126 g/mol. The third-order valence-corrected chi connectivity index (χ3v) is 1.57. The van der Waals surface area contributed by atoms with Crippen LogP contribution in [0.4, 0.5) is 0 Å². The molecule has 0 aliphatic carbocycles. The molecule has 0 aliphatic rings. The summed E-state index contributed by atoms with van der Waals surface area (Å²) in [6.45, 7) is 5.71. The first-order chi connectivity index (χ1) is 4.57. The standard InChI is InChI=1S/C8H15NO/c1-6(2)8(5-9)4-7(3)10/h6-8,10H,4H2,1-3H3/t7-,8-/m1/s1. The molecule has 0 fully saturated rings. The highest BCUT2D eigenvalue weighted by Crippen LogP contribution is 2.15. The predicted molar refractivity (Wildman–Crippen MR) is 40.2 cm³/mol. The summed E-state index contributed by atoms with van der Waals surface area (Å²) < 4.78 is 0. The summed E-state index contributed by atoms with van der Waals surface area (Å²) in [6, 6.07) is 2.17. The van der Waals surface area contributed by atoms with Crippen molar-refractivity contribution in [2.45, 2.75) is 33.3 Å². The van der Waals surface area contributed by atoms with Crippen LogP contribution in [0.1, 0.15) is 27.2 Å². The maximum Gasteiger partial charge on any atom is 0.0659 e. The fourth-order valence-corrected chi connectivity index (χ4v) is 0.841. The van der Waals surface area contributed by atoms with Crippen molar-refractivity contribution >= 4 is 0 Å². The van der Waals surface area contributed by atoms with Crippen molar-refractivity contribution < 1.29 is 5.11 Å². The molecule has 58 valence electrons. The monoisotopic (exact) mass is 141 g/mol. The summed E-state index contributed by atoms with van der Waals surface area (Å²) in [5, 5.41) is 17.5. The van der Waals surface area contributed by atoms with Gasteiger partial charge in [-0.15, -0.1) is 0 Å². The van der Waals surface area contributed by atoms with E-state index in [0.29, 0.717) is 12.3 Å². The van der Waals surface area contributed by atoms with Gasteiger partial charge in [0.15, 0.2) is 0 Å². The van der Waals surface area contributed by atoms with E-state index in [1.807, 2.05) is 13.8 Å². The van der Waals surface area contributed by atoms with Crippen LogP contribution in [-0.2, 0) is 0 Å². The van der Waals surface area contributed by atoms with Gasteiger partial charge < -0.3 is 5.11 Å². The highest BCUT2D eigenvalue weighted by atomic mass is 16.3. The Hall–Kier alpha value is -0.550. The topological polar surface area (TPSA) is 44.0 Å². The van der Waals surface area contributed by atoms with E-state index in [2.05, 4.69) is 6.07 Å². The second-order valence-electron chi connectivity index (χ2n) is 3.06. The fraction of sp³-hybridized carbons (Fsp3) is 0.875. The number of nitriles is 1. The van der Waals surface area contributed by atoms with Crippen LogP contribution in [0.5, 0.6) is 0 Å². The van der Waals surface area contributed by atoms with Crippen molar-refractivity contribution in [1.82, 2.24) is 0 Å². The van der Waals surface area contributed by atoms with Crippen molar-refractivity contribution in [3.8, 4) is 6.07 Å². The van der Waals surface area contributed by atoms with Crippen molar-refractivity contribution in [1.29, 1.82) is 5.26 Å². The Morgan fingerprint density at radius 2 is 1.90 bits per heavy atom. The Morgan fingerprint density at radius 3 is 2.00 bits per heavy atom. The van der Waals surface area contributed by atoms with Crippen LogP contribution in [0.3, 0.4) is 0 Å². The maximum atomic E-state index is 8.95. The normalized spacial score (nSPS) is 16.4. The predicted octanol–water partition coefficient (Wildman–Crippen LogP) is 1.55. The van der Waals surface area contributed by atoms with Gasteiger partial charge >= 0.3 is 0 Å². The molecule has 0 radical (unpaired) electrons. The van der Waals surface area contributed by atoms with Crippen molar-refractivity contribution in [3.63, 3.8) is 0 Å². The Labute approximate surface area is 62.5 Å². The average Bonchev–Trinajstić information content (AvgIpc) is 1.81. The number of hydrogen-bond acceptors (Lipinski definition) is 2. The minimum atomic E-state index is -0.355. The first-order valence-corrected chi connectivity index (χ1v) is 3.65. The molecule has 0 rings (SSSR count). The quantitative estimate of drug-likeness (QED) is 0.648. The molecular formula is C8H15NO. The third kappa shape index (κ3) is 3.47. The molecule has 0 saturated carbocycles. The second-order valence-corrected chi connectivity index (χ2v) is 3.06. The molecule has 2 atom stereocenters. The van der Waals surface area contributed by atoms with Crippen LogP contribution in [0.2, 0.25) is 0 Å². The lowest BCUT2D eigenvalue weighted by molar-refractivity contribution is 0.160. The van der Waals surface area contributed by atoms with E-state index in [1.54, 1.807) is 6.92 Å². The molecule has 0 bridgehead atoms. The molecule has 0 aromatic rings. The van der Waals surface area contributed by atoms with E-state index in [4.69, 9.17) is 10.4 Å². The third-order valence-electron chi connectivity index (χ3n) is 1.57. The number of aliphatic hydroxyl groups excluding tert-OH is 1. The van der Waals surface area contributed by atoms with Gasteiger partial charge in [-0.05, 0) is 19.3 Å². The smallest absolute Gasteiger partial charge is 0.0659 e. The van der Waals surface area contributed by atoms with Crippen LogP contribution < -0.4 is 0 Å². The summed E-state index contributed by atoms with van der Waals surface area (Å²) in [6.07, 6.45) is 0.237. The number of hydrogen-bond donors (Lipinski definition) is 1. The number of nitrogens with zero attached hydrogens (tertiary/aromatic N) is 1. The molecule has 0 aromatic heterocycles. The van der Waals surface area contributed by atoms with Gasteiger partial charge in [-0.25, -0.2) is 0 Å². The van der Waals surface area contributed by atoms with E-state index in [-0.39, 0.29) is 12.0 Å². The highest BCUT2D eigenvalue weighted by molar-refractivity contribution is 4.85. The zero-order valence-corrected chi connectivity index (χ0v) is 6.83. The van der Waals surface area contributed by atoms with Gasteiger partial charge in [-0.3, -0.25) is 0 Å². The highest BCUT2D eigenvalue weighted by Gasteiger charge is 2.13.